The van der Waals surface area contributed by atoms with Gasteiger partial charge in [0.05, 0.1) is 18.1 Å². The molecule has 1 aliphatic rings. The van der Waals surface area contributed by atoms with Crippen LogP contribution >= 0.6 is 12.2 Å². The van der Waals surface area contributed by atoms with Gasteiger partial charge in [-0.1, -0.05) is 18.3 Å². The van der Waals surface area contributed by atoms with Crippen molar-refractivity contribution in [1.82, 2.24) is 9.80 Å². The van der Waals surface area contributed by atoms with Gasteiger partial charge in [-0.05, 0) is 25.1 Å². The van der Waals surface area contributed by atoms with Crippen LogP contribution in [0.5, 0.6) is 5.75 Å². The summed E-state index contributed by atoms with van der Waals surface area (Å²) in [5, 5.41) is 0. The van der Waals surface area contributed by atoms with Gasteiger partial charge in [0.2, 0.25) is 0 Å². The van der Waals surface area contributed by atoms with Gasteiger partial charge in [0.1, 0.15) is 5.75 Å². The lowest BCUT2D eigenvalue weighted by atomic mass is 10.1. The number of carbonyl (C=O) groups is 1. The fourth-order valence-electron chi connectivity index (χ4n) is 2.43. The number of piperazine rings is 1. The van der Waals surface area contributed by atoms with Gasteiger partial charge in [0, 0.05) is 31.7 Å². The first-order valence-electron chi connectivity index (χ1n) is 6.99. The predicted octanol–water partition coefficient (Wildman–Crippen LogP) is 1.13. The van der Waals surface area contributed by atoms with E-state index in [0.717, 1.165) is 13.1 Å². The molecule has 1 aliphatic heterocycles. The molecule has 0 aromatic heterocycles. The Kier molecular flexibility index (Phi) is 5.14. The van der Waals surface area contributed by atoms with Crippen LogP contribution in [0.25, 0.3) is 0 Å². The average Bonchev–Trinajstić information content (AvgIpc) is 2.53. The number of carbonyl (C=O) groups excluding carboxylic acids is 1. The first kappa shape index (κ1) is 15.7. The number of thiocarbonyl (C=S) groups is 1. The quantitative estimate of drug-likeness (QED) is 0.845. The highest BCUT2D eigenvalue weighted by Gasteiger charge is 2.25. The summed E-state index contributed by atoms with van der Waals surface area (Å²) in [5.41, 5.74) is 6.34. The SMILES string of the molecule is COc1cccc(C(=O)N2CCN(C(C)C(N)=S)CC2)c1. The Morgan fingerprint density at radius 1 is 1.33 bits per heavy atom. The number of ether oxygens (including phenoxy) is 1. The van der Waals surface area contributed by atoms with Crippen molar-refractivity contribution in [3.63, 3.8) is 0 Å². The Bertz CT molecular complexity index is 527. The Morgan fingerprint density at radius 2 is 2.00 bits per heavy atom. The number of hydrogen-bond acceptors (Lipinski definition) is 4. The monoisotopic (exact) mass is 307 g/mol. The van der Waals surface area contributed by atoms with Gasteiger partial charge < -0.3 is 15.4 Å². The lowest BCUT2D eigenvalue weighted by molar-refractivity contribution is 0.0621. The first-order chi connectivity index (χ1) is 10.0. The van der Waals surface area contributed by atoms with Crippen molar-refractivity contribution in [1.29, 1.82) is 0 Å². The number of nitrogens with zero attached hydrogens (tertiary/aromatic N) is 2. The van der Waals surface area contributed by atoms with Crippen LogP contribution in [0.15, 0.2) is 24.3 Å². The van der Waals surface area contributed by atoms with Crippen molar-refractivity contribution in [2.24, 2.45) is 5.73 Å². The molecule has 0 aliphatic carbocycles. The molecule has 1 unspecified atom stereocenters. The fourth-order valence-corrected chi connectivity index (χ4v) is 2.58. The maximum Gasteiger partial charge on any atom is 0.254 e. The van der Waals surface area contributed by atoms with E-state index < -0.39 is 0 Å². The molecule has 2 rings (SSSR count). The van der Waals surface area contributed by atoms with Crippen LogP contribution in [0.2, 0.25) is 0 Å². The zero-order valence-corrected chi connectivity index (χ0v) is 13.2. The number of rotatable bonds is 4. The number of hydrogen-bond donors (Lipinski definition) is 1. The van der Waals surface area contributed by atoms with Crippen LogP contribution in [-0.2, 0) is 0 Å². The minimum absolute atomic E-state index is 0.0385. The van der Waals surface area contributed by atoms with Gasteiger partial charge in [-0.25, -0.2) is 0 Å². The summed E-state index contributed by atoms with van der Waals surface area (Å²) in [7, 11) is 1.60. The highest BCUT2D eigenvalue weighted by Crippen LogP contribution is 2.16. The lowest BCUT2D eigenvalue weighted by Crippen LogP contribution is -2.53. The van der Waals surface area contributed by atoms with Crippen LogP contribution in [-0.4, -0.2) is 60.0 Å². The van der Waals surface area contributed by atoms with Crippen LogP contribution in [0.4, 0.5) is 0 Å². The third-order valence-corrected chi connectivity index (χ3v) is 4.22. The van der Waals surface area contributed by atoms with E-state index in [1.165, 1.54) is 0 Å². The molecule has 2 N–H and O–H groups in total. The Labute approximate surface area is 130 Å². The fraction of sp³-hybridized carbons (Fsp3) is 0.467. The third-order valence-electron chi connectivity index (χ3n) is 3.88. The zero-order chi connectivity index (χ0) is 15.4. The molecular formula is C15H21N3O2S. The maximum atomic E-state index is 12.5. The highest BCUT2D eigenvalue weighted by molar-refractivity contribution is 7.80. The standard InChI is InChI=1S/C15H21N3O2S/c1-11(14(16)21)17-6-8-18(9-7-17)15(19)12-4-3-5-13(10-12)20-2/h3-5,10-11H,6-9H2,1-2H3,(H2,16,21). The predicted molar refractivity (Wildman–Crippen MR) is 86.7 cm³/mol. The van der Waals surface area contributed by atoms with Crippen molar-refractivity contribution in [3.8, 4) is 5.75 Å². The molecule has 1 saturated heterocycles. The maximum absolute atomic E-state index is 12.5. The van der Waals surface area contributed by atoms with Crippen molar-refractivity contribution >= 4 is 23.1 Å². The van der Waals surface area contributed by atoms with Crippen LogP contribution in [0.3, 0.4) is 0 Å². The van der Waals surface area contributed by atoms with E-state index in [1.807, 2.05) is 30.0 Å². The number of amides is 1. The van der Waals surface area contributed by atoms with Gasteiger partial charge in [-0.2, -0.15) is 0 Å². The molecule has 21 heavy (non-hydrogen) atoms. The molecule has 1 fully saturated rings. The summed E-state index contributed by atoms with van der Waals surface area (Å²) < 4.78 is 5.16. The Morgan fingerprint density at radius 3 is 2.57 bits per heavy atom. The highest BCUT2D eigenvalue weighted by atomic mass is 32.1. The minimum atomic E-state index is 0.0385. The average molecular weight is 307 g/mol. The molecule has 1 aromatic rings. The largest absolute Gasteiger partial charge is 0.497 e. The molecule has 1 amide bonds. The van der Waals surface area contributed by atoms with Crippen LogP contribution < -0.4 is 10.5 Å². The minimum Gasteiger partial charge on any atom is -0.497 e. The molecule has 114 valence electrons. The molecule has 6 heteroatoms. The van der Waals surface area contributed by atoms with E-state index in [2.05, 4.69) is 4.90 Å². The number of nitrogens with two attached hydrogens (primary N) is 1. The summed E-state index contributed by atoms with van der Waals surface area (Å²) in [6, 6.07) is 7.32. The van der Waals surface area contributed by atoms with Crippen LogP contribution in [0.1, 0.15) is 17.3 Å². The van der Waals surface area contributed by atoms with E-state index in [1.54, 1.807) is 13.2 Å². The summed E-state index contributed by atoms with van der Waals surface area (Å²) in [5.74, 6) is 0.734. The smallest absolute Gasteiger partial charge is 0.254 e. The summed E-state index contributed by atoms with van der Waals surface area (Å²) in [4.78, 5) is 17.0. The molecule has 0 bridgehead atoms. The van der Waals surface area contributed by atoms with Gasteiger partial charge in [0.25, 0.3) is 5.91 Å². The van der Waals surface area contributed by atoms with Crippen molar-refractivity contribution in [2.75, 3.05) is 33.3 Å². The molecule has 0 spiro atoms. The molecular weight excluding hydrogens is 286 g/mol. The second kappa shape index (κ2) is 6.87. The summed E-state index contributed by atoms with van der Waals surface area (Å²) >= 11 is 5.03. The van der Waals surface area contributed by atoms with Gasteiger partial charge in [-0.15, -0.1) is 0 Å². The molecule has 1 atom stereocenters. The molecule has 0 radical (unpaired) electrons. The first-order valence-corrected chi connectivity index (χ1v) is 7.40. The van der Waals surface area contributed by atoms with E-state index in [-0.39, 0.29) is 11.9 Å². The van der Waals surface area contributed by atoms with E-state index in [0.29, 0.717) is 29.4 Å². The van der Waals surface area contributed by atoms with Crippen LogP contribution in [0, 0.1) is 0 Å². The van der Waals surface area contributed by atoms with Crippen molar-refractivity contribution in [2.45, 2.75) is 13.0 Å². The Balaban J connectivity index is 1.98. The molecule has 5 nitrogen and oxygen atoms in total. The topological polar surface area (TPSA) is 58.8 Å². The van der Waals surface area contributed by atoms with Crippen molar-refractivity contribution in [3.05, 3.63) is 29.8 Å². The van der Waals surface area contributed by atoms with Crippen molar-refractivity contribution < 1.29 is 9.53 Å². The molecule has 1 heterocycles. The second-order valence-corrected chi connectivity index (χ2v) is 5.61. The lowest BCUT2D eigenvalue weighted by Gasteiger charge is -2.37. The summed E-state index contributed by atoms with van der Waals surface area (Å²) in [6.07, 6.45) is 0. The normalized spacial score (nSPS) is 17.3. The Hall–Kier alpha value is -1.66. The van der Waals surface area contributed by atoms with Gasteiger partial charge in [0.15, 0.2) is 0 Å². The second-order valence-electron chi connectivity index (χ2n) is 5.14. The number of benzene rings is 1. The van der Waals surface area contributed by atoms with E-state index in [9.17, 15) is 4.79 Å². The number of methoxy groups -OCH3 is 1. The molecule has 1 aromatic carbocycles. The zero-order valence-electron chi connectivity index (χ0n) is 12.4. The van der Waals surface area contributed by atoms with E-state index in [4.69, 9.17) is 22.7 Å². The van der Waals surface area contributed by atoms with E-state index >= 15 is 0 Å². The summed E-state index contributed by atoms with van der Waals surface area (Å²) in [6.45, 7) is 4.94. The third kappa shape index (κ3) is 3.71. The van der Waals surface area contributed by atoms with Gasteiger partial charge >= 0.3 is 0 Å². The molecule has 0 saturated carbocycles. The van der Waals surface area contributed by atoms with Gasteiger partial charge in [-0.3, -0.25) is 9.69 Å².